The van der Waals surface area contributed by atoms with Crippen LogP contribution in [0.1, 0.15) is 31.7 Å². The first-order valence-electron chi connectivity index (χ1n) is 6.27. The number of hydrogen-bond donors (Lipinski definition) is 2. The molecular weight excluding hydrogens is 214 g/mol. The maximum Gasteiger partial charge on any atom is 0.118 e. The van der Waals surface area contributed by atoms with Crippen molar-refractivity contribution in [2.45, 2.75) is 37.8 Å². The number of rotatable bonds is 6. The van der Waals surface area contributed by atoms with Crippen molar-refractivity contribution >= 4 is 0 Å². The van der Waals surface area contributed by atoms with Crippen LogP contribution in [0.2, 0.25) is 0 Å². The molecule has 1 aromatic carbocycles. The zero-order chi connectivity index (χ0) is 12.3. The maximum atomic E-state index is 9.74. The second-order valence-corrected chi connectivity index (χ2v) is 4.74. The monoisotopic (exact) mass is 235 g/mol. The molecule has 0 aromatic heterocycles. The SMILES string of the molecule is CCC(CO)(NC1CC1)c1ccc(OC)cc1. The summed E-state index contributed by atoms with van der Waals surface area (Å²) >= 11 is 0. The van der Waals surface area contributed by atoms with Crippen molar-refractivity contribution in [1.29, 1.82) is 0 Å². The Kier molecular flexibility index (Phi) is 3.69. The van der Waals surface area contributed by atoms with Crippen LogP contribution in [0.15, 0.2) is 24.3 Å². The molecule has 0 heterocycles. The predicted molar refractivity (Wildman–Crippen MR) is 68.2 cm³/mol. The van der Waals surface area contributed by atoms with Crippen LogP contribution in [0, 0.1) is 0 Å². The van der Waals surface area contributed by atoms with Crippen molar-refractivity contribution in [3.05, 3.63) is 29.8 Å². The lowest BCUT2D eigenvalue weighted by Gasteiger charge is -2.33. The van der Waals surface area contributed by atoms with Gasteiger partial charge in [-0.05, 0) is 37.0 Å². The Morgan fingerprint density at radius 3 is 2.41 bits per heavy atom. The van der Waals surface area contributed by atoms with E-state index in [1.165, 1.54) is 12.8 Å². The van der Waals surface area contributed by atoms with E-state index in [2.05, 4.69) is 12.2 Å². The lowest BCUT2D eigenvalue weighted by molar-refractivity contribution is 0.153. The summed E-state index contributed by atoms with van der Waals surface area (Å²) in [6.07, 6.45) is 3.32. The topological polar surface area (TPSA) is 41.5 Å². The molecule has 0 bridgehead atoms. The summed E-state index contributed by atoms with van der Waals surface area (Å²) in [5, 5.41) is 13.3. The van der Waals surface area contributed by atoms with Gasteiger partial charge in [-0.15, -0.1) is 0 Å². The fraction of sp³-hybridized carbons (Fsp3) is 0.571. The van der Waals surface area contributed by atoms with E-state index in [4.69, 9.17) is 4.74 Å². The first-order valence-corrected chi connectivity index (χ1v) is 6.27. The summed E-state index contributed by atoms with van der Waals surface area (Å²) in [6, 6.07) is 8.54. The highest BCUT2D eigenvalue weighted by Gasteiger charge is 2.35. The number of nitrogens with one attached hydrogen (secondary N) is 1. The summed E-state index contributed by atoms with van der Waals surface area (Å²) < 4.78 is 5.16. The maximum absolute atomic E-state index is 9.74. The number of methoxy groups -OCH3 is 1. The molecule has 0 aliphatic heterocycles. The van der Waals surface area contributed by atoms with Crippen molar-refractivity contribution in [2.75, 3.05) is 13.7 Å². The molecule has 1 aromatic rings. The number of aliphatic hydroxyl groups excluding tert-OH is 1. The Balaban J connectivity index is 2.23. The average molecular weight is 235 g/mol. The molecule has 0 spiro atoms. The third-order valence-electron chi connectivity index (χ3n) is 3.57. The number of benzene rings is 1. The van der Waals surface area contributed by atoms with Crippen LogP contribution in [0.3, 0.4) is 0 Å². The smallest absolute Gasteiger partial charge is 0.118 e. The molecule has 1 aliphatic rings. The molecule has 1 fully saturated rings. The number of aliphatic hydroxyl groups is 1. The minimum atomic E-state index is -0.298. The third kappa shape index (κ3) is 2.61. The van der Waals surface area contributed by atoms with Gasteiger partial charge in [0.05, 0.1) is 19.3 Å². The lowest BCUT2D eigenvalue weighted by Crippen LogP contribution is -2.46. The molecule has 3 heteroatoms. The zero-order valence-electron chi connectivity index (χ0n) is 10.6. The van der Waals surface area contributed by atoms with E-state index in [0.717, 1.165) is 17.7 Å². The van der Waals surface area contributed by atoms with E-state index in [1.54, 1.807) is 7.11 Å². The van der Waals surface area contributed by atoms with Crippen LogP contribution in [0.25, 0.3) is 0 Å². The minimum absolute atomic E-state index is 0.131. The Bertz CT molecular complexity index is 353. The summed E-state index contributed by atoms with van der Waals surface area (Å²) in [4.78, 5) is 0. The molecule has 0 radical (unpaired) electrons. The molecule has 17 heavy (non-hydrogen) atoms. The molecule has 1 atom stereocenters. The van der Waals surface area contributed by atoms with Crippen molar-refractivity contribution in [3.8, 4) is 5.75 Å². The van der Waals surface area contributed by atoms with Crippen molar-refractivity contribution in [2.24, 2.45) is 0 Å². The summed E-state index contributed by atoms with van der Waals surface area (Å²) in [7, 11) is 1.66. The highest BCUT2D eigenvalue weighted by Crippen LogP contribution is 2.31. The van der Waals surface area contributed by atoms with Gasteiger partial charge in [-0.25, -0.2) is 0 Å². The summed E-state index contributed by atoms with van der Waals surface area (Å²) in [5.41, 5.74) is 0.836. The summed E-state index contributed by atoms with van der Waals surface area (Å²) in [5.74, 6) is 0.850. The van der Waals surface area contributed by atoms with E-state index in [-0.39, 0.29) is 12.1 Å². The molecule has 2 rings (SSSR count). The van der Waals surface area contributed by atoms with Gasteiger partial charge in [0, 0.05) is 6.04 Å². The van der Waals surface area contributed by atoms with E-state index in [9.17, 15) is 5.11 Å². The van der Waals surface area contributed by atoms with E-state index < -0.39 is 0 Å². The molecule has 1 aliphatic carbocycles. The van der Waals surface area contributed by atoms with Gasteiger partial charge < -0.3 is 15.2 Å². The van der Waals surface area contributed by atoms with Crippen molar-refractivity contribution in [3.63, 3.8) is 0 Å². The molecule has 2 N–H and O–H groups in total. The van der Waals surface area contributed by atoms with E-state index in [0.29, 0.717) is 6.04 Å². The first kappa shape index (κ1) is 12.4. The highest BCUT2D eigenvalue weighted by atomic mass is 16.5. The molecule has 3 nitrogen and oxygen atoms in total. The quantitative estimate of drug-likeness (QED) is 0.793. The van der Waals surface area contributed by atoms with Crippen LogP contribution in [0.4, 0.5) is 0 Å². The number of ether oxygens (including phenoxy) is 1. The number of hydrogen-bond acceptors (Lipinski definition) is 3. The van der Waals surface area contributed by atoms with Gasteiger partial charge in [0.25, 0.3) is 0 Å². The molecule has 1 saturated carbocycles. The largest absolute Gasteiger partial charge is 0.497 e. The Morgan fingerprint density at radius 2 is 2.00 bits per heavy atom. The average Bonchev–Trinajstić information content (AvgIpc) is 3.20. The van der Waals surface area contributed by atoms with Crippen LogP contribution >= 0.6 is 0 Å². The molecule has 0 saturated heterocycles. The van der Waals surface area contributed by atoms with Gasteiger partial charge in [-0.2, -0.15) is 0 Å². The van der Waals surface area contributed by atoms with Gasteiger partial charge in [-0.3, -0.25) is 0 Å². The Hall–Kier alpha value is -1.06. The van der Waals surface area contributed by atoms with Crippen LogP contribution in [-0.2, 0) is 5.54 Å². The highest BCUT2D eigenvalue weighted by molar-refractivity contribution is 5.32. The second kappa shape index (κ2) is 5.07. The van der Waals surface area contributed by atoms with Gasteiger partial charge in [-0.1, -0.05) is 19.1 Å². The van der Waals surface area contributed by atoms with Crippen molar-refractivity contribution < 1.29 is 9.84 Å². The Morgan fingerprint density at radius 1 is 1.35 bits per heavy atom. The zero-order valence-corrected chi connectivity index (χ0v) is 10.6. The van der Waals surface area contributed by atoms with Gasteiger partial charge in [0.1, 0.15) is 5.75 Å². The van der Waals surface area contributed by atoms with Crippen LogP contribution < -0.4 is 10.1 Å². The minimum Gasteiger partial charge on any atom is -0.497 e. The predicted octanol–water partition coefficient (Wildman–Crippen LogP) is 2.04. The molecule has 0 amide bonds. The van der Waals surface area contributed by atoms with Gasteiger partial charge in [0.15, 0.2) is 0 Å². The molecular formula is C14H21NO2. The van der Waals surface area contributed by atoms with Crippen LogP contribution in [0.5, 0.6) is 5.75 Å². The molecule has 94 valence electrons. The van der Waals surface area contributed by atoms with Gasteiger partial charge >= 0.3 is 0 Å². The fourth-order valence-electron chi connectivity index (χ4n) is 2.17. The fourth-order valence-corrected chi connectivity index (χ4v) is 2.17. The standard InChI is InChI=1S/C14H21NO2/c1-3-14(10-16,15-12-6-7-12)11-4-8-13(17-2)9-5-11/h4-5,8-9,12,15-16H,3,6-7,10H2,1-2H3. The van der Waals surface area contributed by atoms with Gasteiger partial charge in [0.2, 0.25) is 0 Å². The third-order valence-corrected chi connectivity index (χ3v) is 3.57. The summed E-state index contributed by atoms with van der Waals surface area (Å²) in [6.45, 7) is 2.24. The van der Waals surface area contributed by atoms with E-state index >= 15 is 0 Å². The normalized spacial score (nSPS) is 18.8. The second-order valence-electron chi connectivity index (χ2n) is 4.74. The Labute approximate surface area is 103 Å². The lowest BCUT2D eigenvalue weighted by atomic mass is 9.87. The molecule has 1 unspecified atom stereocenters. The first-order chi connectivity index (χ1) is 8.24. The van der Waals surface area contributed by atoms with E-state index in [1.807, 2.05) is 24.3 Å². The van der Waals surface area contributed by atoms with Crippen LogP contribution in [-0.4, -0.2) is 24.9 Å². The van der Waals surface area contributed by atoms with Crippen molar-refractivity contribution in [1.82, 2.24) is 5.32 Å².